The summed E-state index contributed by atoms with van der Waals surface area (Å²) in [6.07, 6.45) is 2.17. The summed E-state index contributed by atoms with van der Waals surface area (Å²) in [7, 11) is 3.69. The first-order valence-corrected chi connectivity index (χ1v) is 26.2. The number of aromatic nitrogens is 2. The van der Waals surface area contributed by atoms with Gasteiger partial charge in [0.05, 0.1) is 30.9 Å². The maximum absolute atomic E-state index is 15.8. The zero-order valence-corrected chi connectivity index (χ0v) is 44.0. The van der Waals surface area contributed by atoms with Gasteiger partial charge in [0.2, 0.25) is 5.91 Å². The van der Waals surface area contributed by atoms with Gasteiger partial charge in [-0.1, -0.05) is 44.2 Å². The molecule has 1 N–H and O–H groups in total. The monoisotopic (exact) mass is 1010 g/mol. The fourth-order valence-corrected chi connectivity index (χ4v) is 11.5. The third-order valence-electron chi connectivity index (χ3n) is 16.1. The van der Waals surface area contributed by atoms with Crippen molar-refractivity contribution in [1.82, 2.24) is 28.7 Å². The standard InChI is InChI=1S/C60H67FN8O6/c1-39-51(59(73)69(46-12-14-49(70)15-13-46)55-31-47(34-62)63(5)40(55)2)33-56(64(39)6)52-28-42-17-19-67(57(71)30-43-11-16-50(32-54(43)61)75-26-23-65-21-24-74-25-22-65)35-45(42)29-53(52)58(72)68-36-44-10-8-7-9-41(44)27-48(68)37-66-20-18-60(3,4)38-66/h7-16,28-29,31-33,48,70H,17-27,30,35-38H2,1-6H3/t48-/m0/s1. The minimum atomic E-state index is -0.495. The molecule has 390 valence electrons. The van der Waals surface area contributed by atoms with E-state index in [4.69, 9.17) is 9.47 Å². The van der Waals surface area contributed by atoms with Gasteiger partial charge in [-0.25, -0.2) is 4.39 Å². The normalized spacial score (nSPS) is 17.6. The van der Waals surface area contributed by atoms with Gasteiger partial charge in [0, 0.05) is 112 Å². The number of likely N-dealkylation sites (tertiary alicyclic amines) is 1. The second-order valence-electron chi connectivity index (χ2n) is 21.6. The van der Waals surface area contributed by atoms with E-state index in [0.717, 1.165) is 55.8 Å². The maximum Gasteiger partial charge on any atom is 0.264 e. The van der Waals surface area contributed by atoms with E-state index in [0.29, 0.717) is 109 Å². The number of carbonyl (C=O) groups is 3. The number of nitriles is 1. The van der Waals surface area contributed by atoms with Crippen LogP contribution in [0.3, 0.4) is 0 Å². The number of fused-ring (bicyclic) bond motifs is 2. The fraction of sp³-hybridized carbons (Fsp3) is 0.400. The number of anilines is 2. The summed E-state index contributed by atoms with van der Waals surface area (Å²) in [4.78, 5) is 55.3. The van der Waals surface area contributed by atoms with Crippen LogP contribution in [0.1, 0.15) is 85.9 Å². The van der Waals surface area contributed by atoms with E-state index >= 15 is 14.0 Å². The second kappa shape index (κ2) is 21.2. The Morgan fingerprint density at radius 1 is 0.840 bits per heavy atom. The van der Waals surface area contributed by atoms with Crippen molar-refractivity contribution in [3.8, 4) is 28.8 Å². The quantitative estimate of drug-likeness (QED) is 0.121. The van der Waals surface area contributed by atoms with Crippen LogP contribution in [0.25, 0.3) is 11.3 Å². The molecule has 2 aromatic heterocycles. The number of phenols is 1. The van der Waals surface area contributed by atoms with Crippen LogP contribution in [0.4, 0.5) is 15.8 Å². The van der Waals surface area contributed by atoms with Gasteiger partial charge in [0.25, 0.3) is 11.8 Å². The Labute approximate surface area is 439 Å². The van der Waals surface area contributed by atoms with Crippen molar-refractivity contribution >= 4 is 29.1 Å². The molecule has 0 aliphatic carbocycles. The molecule has 2 fully saturated rings. The van der Waals surface area contributed by atoms with Crippen LogP contribution >= 0.6 is 0 Å². The van der Waals surface area contributed by atoms with E-state index < -0.39 is 5.82 Å². The molecule has 3 amide bonds. The number of nitrogens with zero attached hydrogens (tertiary/aromatic N) is 8. The van der Waals surface area contributed by atoms with Crippen LogP contribution in [0.5, 0.6) is 11.5 Å². The third-order valence-corrected chi connectivity index (χ3v) is 16.1. The van der Waals surface area contributed by atoms with Crippen LogP contribution in [-0.2, 0) is 56.0 Å². The molecule has 14 nitrogen and oxygen atoms in total. The van der Waals surface area contributed by atoms with Crippen molar-refractivity contribution < 1.29 is 33.4 Å². The number of hydrogen-bond acceptors (Lipinski definition) is 9. The lowest BCUT2D eigenvalue weighted by molar-refractivity contribution is -0.131. The van der Waals surface area contributed by atoms with E-state index in [1.54, 1.807) is 51.7 Å². The highest BCUT2D eigenvalue weighted by Gasteiger charge is 2.38. The summed E-state index contributed by atoms with van der Waals surface area (Å²) < 4.78 is 30.7. The van der Waals surface area contributed by atoms with Crippen molar-refractivity contribution in [2.75, 3.05) is 70.5 Å². The van der Waals surface area contributed by atoms with E-state index in [1.807, 2.05) is 48.6 Å². The first-order chi connectivity index (χ1) is 36.0. The lowest BCUT2D eigenvalue weighted by atomic mass is 9.89. The molecule has 10 rings (SSSR count). The predicted molar refractivity (Wildman–Crippen MR) is 286 cm³/mol. The zero-order chi connectivity index (χ0) is 52.7. The molecule has 0 saturated carbocycles. The topological polar surface area (TPSA) is 140 Å². The van der Waals surface area contributed by atoms with Crippen LogP contribution in [0, 0.1) is 36.4 Å². The van der Waals surface area contributed by atoms with Crippen LogP contribution in [0.2, 0.25) is 0 Å². The average Bonchev–Trinajstić information content (AvgIpc) is 4.03. The molecule has 0 unspecified atom stereocenters. The Morgan fingerprint density at radius 3 is 2.31 bits per heavy atom. The summed E-state index contributed by atoms with van der Waals surface area (Å²) in [5, 5.41) is 20.3. The molecule has 15 heteroatoms. The number of morpholine rings is 1. The first kappa shape index (κ1) is 51.2. The predicted octanol–water partition coefficient (Wildman–Crippen LogP) is 8.48. The molecule has 6 aromatic rings. The molecule has 6 heterocycles. The van der Waals surface area contributed by atoms with E-state index in [9.17, 15) is 15.2 Å². The number of amides is 3. The SMILES string of the molecule is Cc1c(N(C(=O)c2cc(-c3cc4c(cc3C(=O)N3Cc5ccccc5C[C@H]3CN3CCC(C)(C)C3)CN(C(=O)Cc3ccc(OCCN5CCOCC5)cc3F)CC4)n(C)c2C)c2ccc(O)cc2)cc(C#N)n1C. The highest BCUT2D eigenvalue weighted by Crippen LogP contribution is 2.39. The second-order valence-corrected chi connectivity index (χ2v) is 21.6. The number of aromatic hydroxyl groups is 1. The molecule has 2 saturated heterocycles. The van der Waals surface area contributed by atoms with Crippen molar-refractivity contribution in [2.45, 2.75) is 72.5 Å². The number of hydrogen-bond donors (Lipinski definition) is 1. The first-order valence-electron chi connectivity index (χ1n) is 26.2. The van der Waals surface area contributed by atoms with Crippen LogP contribution in [-0.4, -0.2) is 123 Å². The van der Waals surface area contributed by atoms with Gasteiger partial charge in [-0.3, -0.25) is 24.2 Å². The van der Waals surface area contributed by atoms with Crippen LogP contribution in [0.15, 0.2) is 91.0 Å². The van der Waals surface area contributed by atoms with E-state index in [2.05, 4.69) is 54.0 Å². The number of halogens is 1. The van der Waals surface area contributed by atoms with Crippen molar-refractivity contribution in [1.29, 1.82) is 5.26 Å². The van der Waals surface area contributed by atoms with E-state index in [1.165, 1.54) is 23.8 Å². The summed E-state index contributed by atoms with van der Waals surface area (Å²) in [6.45, 7) is 16.2. The molecule has 0 bridgehead atoms. The third kappa shape index (κ3) is 10.6. The van der Waals surface area contributed by atoms with Gasteiger partial charge in [-0.2, -0.15) is 5.26 Å². The smallest absolute Gasteiger partial charge is 0.264 e. The molecule has 1 atom stereocenters. The molecular weight excluding hydrogens is 948 g/mol. The number of phenolic OH excluding ortho intramolecular Hbond substituents is 1. The van der Waals surface area contributed by atoms with Gasteiger partial charge in [-0.05, 0) is 127 Å². The van der Waals surface area contributed by atoms with Crippen molar-refractivity contribution in [3.05, 3.63) is 153 Å². The molecule has 0 radical (unpaired) electrons. The molecule has 0 spiro atoms. The van der Waals surface area contributed by atoms with Gasteiger partial charge in [-0.15, -0.1) is 0 Å². The molecule has 4 aliphatic rings. The summed E-state index contributed by atoms with van der Waals surface area (Å²) >= 11 is 0. The summed E-state index contributed by atoms with van der Waals surface area (Å²) in [6, 6.07) is 29.1. The number of carbonyl (C=O) groups excluding carboxylic acids is 3. The Hall–Kier alpha value is -7.25. The average molecular weight is 1020 g/mol. The lowest BCUT2D eigenvalue weighted by Crippen LogP contribution is -2.50. The van der Waals surface area contributed by atoms with Crippen LogP contribution < -0.4 is 9.64 Å². The fourth-order valence-electron chi connectivity index (χ4n) is 11.5. The Balaban J connectivity index is 0.996. The van der Waals surface area contributed by atoms with Gasteiger partial charge in [0.1, 0.15) is 35.7 Å². The Bertz CT molecular complexity index is 3200. The molecule has 4 aliphatic heterocycles. The van der Waals surface area contributed by atoms with E-state index in [-0.39, 0.29) is 53.5 Å². The number of benzene rings is 4. The Morgan fingerprint density at radius 2 is 1.60 bits per heavy atom. The minimum absolute atomic E-state index is 0.0491. The van der Waals surface area contributed by atoms with Gasteiger partial charge >= 0.3 is 0 Å². The Kier molecular flexibility index (Phi) is 14.5. The zero-order valence-electron chi connectivity index (χ0n) is 44.0. The van der Waals surface area contributed by atoms with Crippen molar-refractivity contribution in [3.63, 3.8) is 0 Å². The largest absolute Gasteiger partial charge is 0.508 e. The van der Waals surface area contributed by atoms with Gasteiger partial charge in [0.15, 0.2) is 0 Å². The minimum Gasteiger partial charge on any atom is -0.508 e. The summed E-state index contributed by atoms with van der Waals surface area (Å²) in [5.74, 6) is -0.723. The molecule has 75 heavy (non-hydrogen) atoms. The highest BCUT2D eigenvalue weighted by atomic mass is 19.1. The highest BCUT2D eigenvalue weighted by molar-refractivity contribution is 6.13. The maximum atomic E-state index is 15.8. The summed E-state index contributed by atoms with van der Waals surface area (Å²) in [5.41, 5.74) is 9.65. The number of ether oxygens (including phenoxy) is 2. The molecule has 4 aromatic carbocycles. The lowest BCUT2D eigenvalue weighted by Gasteiger charge is -2.40. The van der Waals surface area contributed by atoms with Crippen molar-refractivity contribution in [2.24, 2.45) is 19.5 Å². The van der Waals surface area contributed by atoms with Gasteiger partial charge < -0.3 is 38.4 Å². The molecular formula is C60H67FN8O6. The number of rotatable bonds is 13.